The van der Waals surface area contributed by atoms with E-state index in [1.165, 1.54) is 23.3 Å². The van der Waals surface area contributed by atoms with Crippen LogP contribution in [0.3, 0.4) is 0 Å². The second kappa shape index (κ2) is 7.37. The molecule has 1 aliphatic rings. The topological polar surface area (TPSA) is 45.5 Å². The molecular weight excluding hydrogens is 343 g/mol. The Morgan fingerprint density at radius 3 is 2.63 bits per heavy atom. The van der Waals surface area contributed by atoms with E-state index in [2.05, 4.69) is 22.3 Å². The second-order valence-electron chi connectivity index (χ2n) is 6.89. The second-order valence-corrected chi connectivity index (χ2v) is 6.89. The lowest BCUT2D eigenvalue weighted by atomic mass is 9.94. The van der Waals surface area contributed by atoms with E-state index in [1.807, 2.05) is 31.3 Å². The predicted molar refractivity (Wildman–Crippen MR) is 101 cm³/mol. The first-order valence-electron chi connectivity index (χ1n) is 8.99. The Morgan fingerprint density at radius 2 is 1.85 bits per heavy atom. The van der Waals surface area contributed by atoms with Gasteiger partial charge in [-0.05, 0) is 61.0 Å². The van der Waals surface area contributed by atoms with Gasteiger partial charge < -0.3 is 9.73 Å². The molecular formula is C22H21FN2O2. The molecule has 5 heteroatoms. The van der Waals surface area contributed by atoms with Crippen LogP contribution in [0.2, 0.25) is 0 Å². The molecule has 1 amide bonds. The molecule has 1 atom stereocenters. The molecule has 0 unspecified atom stereocenters. The molecule has 0 saturated heterocycles. The van der Waals surface area contributed by atoms with Crippen LogP contribution in [0.4, 0.5) is 4.39 Å². The van der Waals surface area contributed by atoms with Crippen molar-refractivity contribution in [1.82, 2.24) is 10.2 Å². The molecule has 1 N–H and O–H groups in total. The maximum absolute atomic E-state index is 13.0. The summed E-state index contributed by atoms with van der Waals surface area (Å²) < 4.78 is 18.8. The molecule has 3 aromatic rings. The Morgan fingerprint density at radius 1 is 1.11 bits per heavy atom. The summed E-state index contributed by atoms with van der Waals surface area (Å²) in [5, 5.41) is 2.97. The zero-order valence-electron chi connectivity index (χ0n) is 15.1. The molecule has 1 aromatic heterocycles. The third kappa shape index (κ3) is 3.78. The number of nitrogens with zero attached hydrogens (tertiary/aromatic N) is 1. The summed E-state index contributed by atoms with van der Waals surface area (Å²) in [7, 11) is 1.97. The number of likely N-dealkylation sites (N-methyl/N-ethyl adjacent to an activating group) is 1. The van der Waals surface area contributed by atoms with Crippen LogP contribution in [-0.4, -0.2) is 23.9 Å². The number of nitrogens with one attached hydrogen (secondary N) is 1. The van der Waals surface area contributed by atoms with Crippen molar-refractivity contribution in [2.45, 2.75) is 25.6 Å². The van der Waals surface area contributed by atoms with E-state index < -0.39 is 0 Å². The van der Waals surface area contributed by atoms with Crippen molar-refractivity contribution in [2.24, 2.45) is 0 Å². The number of furan rings is 1. The monoisotopic (exact) mass is 364 g/mol. The molecule has 4 rings (SSSR count). The maximum Gasteiger partial charge on any atom is 0.238 e. The van der Waals surface area contributed by atoms with Gasteiger partial charge in [-0.1, -0.05) is 24.3 Å². The molecule has 0 fully saturated rings. The largest absolute Gasteiger partial charge is 0.459 e. The van der Waals surface area contributed by atoms with Crippen LogP contribution in [0.1, 0.15) is 16.9 Å². The van der Waals surface area contributed by atoms with Gasteiger partial charge in [-0.3, -0.25) is 9.69 Å². The number of fused-ring (bicyclic) bond motifs is 1. The molecule has 27 heavy (non-hydrogen) atoms. The van der Waals surface area contributed by atoms with Gasteiger partial charge >= 0.3 is 0 Å². The highest BCUT2D eigenvalue weighted by molar-refractivity contribution is 5.82. The molecule has 0 radical (unpaired) electrons. The fourth-order valence-electron chi connectivity index (χ4n) is 3.48. The van der Waals surface area contributed by atoms with E-state index in [1.54, 1.807) is 12.1 Å². The van der Waals surface area contributed by atoms with Gasteiger partial charge in [-0.25, -0.2) is 4.39 Å². The number of carbonyl (C=O) groups is 1. The highest BCUT2D eigenvalue weighted by atomic mass is 19.1. The zero-order chi connectivity index (χ0) is 18.8. The highest BCUT2D eigenvalue weighted by Crippen LogP contribution is 2.24. The van der Waals surface area contributed by atoms with Crippen molar-refractivity contribution in [2.75, 3.05) is 7.05 Å². The number of benzene rings is 2. The van der Waals surface area contributed by atoms with Gasteiger partial charge in [0.1, 0.15) is 17.3 Å². The molecule has 4 nitrogen and oxygen atoms in total. The van der Waals surface area contributed by atoms with Crippen LogP contribution in [-0.2, 0) is 24.3 Å². The SMILES string of the molecule is CN1Cc2ccccc2C[C@@H]1C(=O)NCc1ccc(-c2ccc(F)cc2)o1. The van der Waals surface area contributed by atoms with E-state index in [4.69, 9.17) is 4.42 Å². The lowest BCUT2D eigenvalue weighted by molar-refractivity contribution is -0.126. The number of amides is 1. The Hall–Kier alpha value is -2.92. The van der Waals surface area contributed by atoms with Crippen molar-refractivity contribution in [3.63, 3.8) is 0 Å². The molecule has 0 saturated carbocycles. The van der Waals surface area contributed by atoms with E-state index >= 15 is 0 Å². The lowest BCUT2D eigenvalue weighted by Crippen LogP contribution is -2.48. The summed E-state index contributed by atoms with van der Waals surface area (Å²) in [6, 6.07) is 17.9. The third-order valence-corrected chi connectivity index (χ3v) is 5.01. The molecule has 1 aliphatic heterocycles. The Balaban J connectivity index is 1.39. The van der Waals surface area contributed by atoms with E-state index in [-0.39, 0.29) is 17.8 Å². The minimum absolute atomic E-state index is 0.00765. The standard InChI is InChI=1S/C22H21FN2O2/c1-25-14-17-5-3-2-4-16(17)12-20(25)22(26)24-13-19-10-11-21(27-19)15-6-8-18(23)9-7-15/h2-11,20H,12-14H2,1H3,(H,24,26)/t20-/m1/s1. The van der Waals surface area contributed by atoms with Crippen molar-refractivity contribution in [3.8, 4) is 11.3 Å². The summed E-state index contributed by atoms with van der Waals surface area (Å²) in [5.74, 6) is 1.03. The average Bonchev–Trinajstić information content (AvgIpc) is 3.15. The van der Waals surface area contributed by atoms with E-state index in [0.717, 1.165) is 12.1 Å². The number of hydrogen-bond acceptors (Lipinski definition) is 3. The fourth-order valence-corrected chi connectivity index (χ4v) is 3.48. The molecule has 2 heterocycles. The van der Waals surface area contributed by atoms with Gasteiger partial charge in [0.2, 0.25) is 5.91 Å². The fraction of sp³-hybridized carbons (Fsp3) is 0.227. The molecule has 0 spiro atoms. The maximum atomic E-state index is 13.0. The van der Waals surface area contributed by atoms with Crippen LogP contribution in [0.15, 0.2) is 65.1 Å². The van der Waals surface area contributed by atoms with Crippen LogP contribution in [0.5, 0.6) is 0 Å². The van der Waals surface area contributed by atoms with Crippen LogP contribution in [0.25, 0.3) is 11.3 Å². The minimum Gasteiger partial charge on any atom is -0.459 e. The highest BCUT2D eigenvalue weighted by Gasteiger charge is 2.28. The smallest absolute Gasteiger partial charge is 0.238 e. The van der Waals surface area contributed by atoms with Gasteiger partial charge in [-0.15, -0.1) is 0 Å². The van der Waals surface area contributed by atoms with Crippen molar-refractivity contribution in [1.29, 1.82) is 0 Å². The summed E-state index contributed by atoms with van der Waals surface area (Å²) >= 11 is 0. The van der Waals surface area contributed by atoms with Crippen molar-refractivity contribution in [3.05, 3.63) is 83.4 Å². The summed E-state index contributed by atoms with van der Waals surface area (Å²) in [6.45, 7) is 1.09. The summed E-state index contributed by atoms with van der Waals surface area (Å²) in [4.78, 5) is 14.7. The molecule has 138 valence electrons. The summed E-state index contributed by atoms with van der Waals surface area (Å²) in [5.41, 5.74) is 3.31. The number of halogens is 1. The van der Waals surface area contributed by atoms with E-state index in [0.29, 0.717) is 24.5 Å². The first kappa shape index (κ1) is 17.5. The van der Waals surface area contributed by atoms with Crippen LogP contribution >= 0.6 is 0 Å². The lowest BCUT2D eigenvalue weighted by Gasteiger charge is -2.32. The number of hydrogen-bond donors (Lipinski definition) is 1. The third-order valence-electron chi connectivity index (χ3n) is 5.01. The van der Waals surface area contributed by atoms with Gasteiger partial charge in [0.05, 0.1) is 12.6 Å². The summed E-state index contributed by atoms with van der Waals surface area (Å²) in [6.07, 6.45) is 0.706. The molecule has 0 aliphatic carbocycles. The van der Waals surface area contributed by atoms with Crippen molar-refractivity contribution >= 4 is 5.91 Å². The minimum atomic E-state index is -0.282. The van der Waals surface area contributed by atoms with Gasteiger partial charge in [0.25, 0.3) is 0 Å². The van der Waals surface area contributed by atoms with Gasteiger partial charge in [-0.2, -0.15) is 0 Å². The molecule has 2 aromatic carbocycles. The van der Waals surface area contributed by atoms with Crippen LogP contribution < -0.4 is 5.32 Å². The Kier molecular flexibility index (Phi) is 4.77. The average molecular weight is 364 g/mol. The predicted octanol–water partition coefficient (Wildman–Crippen LogP) is 3.76. The Bertz CT molecular complexity index is 949. The van der Waals surface area contributed by atoms with Crippen LogP contribution in [0, 0.1) is 5.82 Å². The quantitative estimate of drug-likeness (QED) is 0.767. The Labute approximate surface area is 157 Å². The normalized spacial score (nSPS) is 16.7. The van der Waals surface area contributed by atoms with Gasteiger partial charge in [0, 0.05) is 12.1 Å². The first-order valence-corrected chi connectivity index (χ1v) is 8.99. The van der Waals surface area contributed by atoms with Crippen molar-refractivity contribution < 1.29 is 13.6 Å². The number of carbonyl (C=O) groups excluding carboxylic acids is 1. The number of rotatable bonds is 4. The van der Waals surface area contributed by atoms with Gasteiger partial charge in [0.15, 0.2) is 0 Å². The van der Waals surface area contributed by atoms with E-state index in [9.17, 15) is 9.18 Å². The zero-order valence-corrected chi connectivity index (χ0v) is 15.1. The molecule has 0 bridgehead atoms. The first-order chi connectivity index (χ1) is 13.1.